The average Bonchev–Trinajstić information content (AvgIpc) is 3.31. The van der Waals surface area contributed by atoms with Crippen LogP contribution in [0.3, 0.4) is 0 Å². The van der Waals surface area contributed by atoms with Crippen molar-refractivity contribution in [3.8, 4) is 0 Å². The minimum absolute atomic E-state index is 0.480. The summed E-state index contributed by atoms with van der Waals surface area (Å²) in [6, 6.07) is 0. The van der Waals surface area contributed by atoms with E-state index in [0.29, 0.717) is 36.3 Å². The van der Waals surface area contributed by atoms with Crippen LogP contribution < -0.4 is 0 Å². The Balaban J connectivity index is 1.17. The van der Waals surface area contributed by atoms with E-state index in [1.54, 1.807) is 0 Å². The van der Waals surface area contributed by atoms with Gasteiger partial charge in [-0.25, -0.2) is 0 Å². The van der Waals surface area contributed by atoms with Crippen LogP contribution in [0.1, 0.15) is 25.7 Å². The van der Waals surface area contributed by atoms with Crippen LogP contribution in [-0.4, -0.2) is 64.1 Å². The molecule has 4 aliphatic rings. The van der Waals surface area contributed by atoms with E-state index in [-0.39, 0.29) is 0 Å². The molecule has 0 aromatic rings. The maximum atomic E-state index is 6.05. The molecule has 21 heavy (non-hydrogen) atoms. The fraction of sp³-hybridized carbons (Fsp3) is 1.00. The first-order valence-electron chi connectivity index (χ1n) is 8.39. The van der Waals surface area contributed by atoms with Crippen molar-refractivity contribution in [2.24, 2.45) is 11.8 Å². The smallest absolute Gasteiger partial charge is 0.0813 e. The standard InChI is InChI=1S/C16H26O5/c1(13-7-18-13)11(2-14-8-19-14)5-17-6-12(3-15-9-20-15)4-16-10-21-16/h11-16H,1-10H2. The van der Waals surface area contributed by atoms with Crippen LogP contribution in [0.15, 0.2) is 0 Å². The van der Waals surface area contributed by atoms with Crippen molar-refractivity contribution in [2.45, 2.75) is 50.1 Å². The summed E-state index contributed by atoms with van der Waals surface area (Å²) in [7, 11) is 0. The molecule has 5 heteroatoms. The van der Waals surface area contributed by atoms with Crippen molar-refractivity contribution >= 4 is 0 Å². The molecule has 4 rings (SSSR count). The Kier molecular flexibility index (Phi) is 4.46. The number of rotatable bonds is 12. The number of ether oxygens (including phenoxy) is 5. The minimum Gasteiger partial charge on any atom is -0.381 e. The Morgan fingerprint density at radius 3 is 1.14 bits per heavy atom. The van der Waals surface area contributed by atoms with Gasteiger partial charge in [0.15, 0.2) is 0 Å². The van der Waals surface area contributed by atoms with Crippen molar-refractivity contribution in [3.05, 3.63) is 0 Å². The van der Waals surface area contributed by atoms with Gasteiger partial charge in [0.05, 0.1) is 50.8 Å². The second-order valence-corrected chi connectivity index (χ2v) is 7.03. The Morgan fingerprint density at radius 2 is 0.905 bits per heavy atom. The number of epoxide rings is 4. The van der Waals surface area contributed by atoms with Crippen molar-refractivity contribution in [2.75, 3.05) is 39.6 Å². The molecule has 0 aromatic heterocycles. The lowest BCUT2D eigenvalue weighted by molar-refractivity contribution is 0.0531. The lowest BCUT2D eigenvalue weighted by Gasteiger charge is -2.19. The lowest BCUT2D eigenvalue weighted by Crippen LogP contribution is -2.20. The van der Waals surface area contributed by atoms with Crippen LogP contribution in [0.2, 0.25) is 0 Å². The van der Waals surface area contributed by atoms with E-state index >= 15 is 0 Å². The van der Waals surface area contributed by atoms with Gasteiger partial charge >= 0.3 is 0 Å². The molecular formula is C16H26O5. The predicted octanol–water partition coefficient (Wildman–Crippen LogP) is 1.39. The van der Waals surface area contributed by atoms with E-state index in [4.69, 9.17) is 23.7 Å². The fourth-order valence-electron chi connectivity index (χ4n) is 3.17. The molecule has 4 fully saturated rings. The molecule has 4 heterocycles. The highest BCUT2D eigenvalue weighted by Gasteiger charge is 2.34. The zero-order valence-corrected chi connectivity index (χ0v) is 12.6. The molecule has 5 nitrogen and oxygen atoms in total. The second kappa shape index (κ2) is 6.50. The average molecular weight is 298 g/mol. The molecular weight excluding hydrogens is 272 g/mol. The van der Waals surface area contributed by atoms with Crippen LogP contribution in [0, 0.1) is 11.8 Å². The molecule has 0 aromatic carbocycles. The molecule has 0 radical (unpaired) electrons. The summed E-state index contributed by atoms with van der Waals surface area (Å²) in [5.41, 5.74) is 0. The van der Waals surface area contributed by atoms with Crippen LogP contribution in [0.4, 0.5) is 0 Å². The van der Waals surface area contributed by atoms with Crippen LogP contribution in [0.25, 0.3) is 0 Å². The van der Waals surface area contributed by atoms with Gasteiger partial charge in [0.1, 0.15) is 0 Å². The largest absolute Gasteiger partial charge is 0.381 e. The van der Waals surface area contributed by atoms with Crippen molar-refractivity contribution in [1.82, 2.24) is 0 Å². The van der Waals surface area contributed by atoms with Gasteiger partial charge in [-0.2, -0.15) is 0 Å². The van der Waals surface area contributed by atoms with Gasteiger partial charge in [-0.15, -0.1) is 0 Å². The van der Waals surface area contributed by atoms with Crippen molar-refractivity contribution < 1.29 is 23.7 Å². The summed E-state index contributed by atoms with van der Waals surface area (Å²) in [5.74, 6) is 1.17. The van der Waals surface area contributed by atoms with E-state index < -0.39 is 0 Å². The molecule has 4 saturated heterocycles. The van der Waals surface area contributed by atoms with Crippen molar-refractivity contribution in [1.29, 1.82) is 0 Å². The molecule has 4 aliphatic heterocycles. The number of hydrogen-bond donors (Lipinski definition) is 0. The molecule has 0 aliphatic carbocycles. The monoisotopic (exact) mass is 298 g/mol. The van der Waals surface area contributed by atoms with Gasteiger partial charge in [-0.1, -0.05) is 0 Å². The van der Waals surface area contributed by atoms with Gasteiger partial charge in [0.2, 0.25) is 0 Å². The highest BCUT2D eigenvalue weighted by molar-refractivity contribution is 4.82. The zero-order valence-electron chi connectivity index (χ0n) is 12.6. The maximum Gasteiger partial charge on any atom is 0.0813 e. The van der Waals surface area contributed by atoms with Gasteiger partial charge < -0.3 is 23.7 Å². The summed E-state index contributed by atoms with van der Waals surface area (Å²) < 4.78 is 27.5. The van der Waals surface area contributed by atoms with E-state index in [1.165, 1.54) is 0 Å². The van der Waals surface area contributed by atoms with Crippen LogP contribution in [0.5, 0.6) is 0 Å². The molecule has 0 spiro atoms. The van der Waals surface area contributed by atoms with Gasteiger partial charge in [0.25, 0.3) is 0 Å². The predicted molar refractivity (Wildman–Crippen MR) is 75.2 cm³/mol. The van der Waals surface area contributed by atoms with E-state index in [0.717, 1.165) is 65.3 Å². The fourth-order valence-corrected chi connectivity index (χ4v) is 3.17. The van der Waals surface area contributed by atoms with Crippen LogP contribution in [-0.2, 0) is 23.7 Å². The van der Waals surface area contributed by atoms with Gasteiger partial charge in [-0.05, 0) is 37.5 Å². The number of hydrogen-bond acceptors (Lipinski definition) is 5. The summed E-state index contributed by atoms with van der Waals surface area (Å²) in [6.45, 7) is 5.41. The molecule has 4 unspecified atom stereocenters. The van der Waals surface area contributed by atoms with Crippen LogP contribution >= 0.6 is 0 Å². The van der Waals surface area contributed by atoms with E-state index in [2.05, 4.69) is 0 Å². The first kappa shape index (κ1) is 14.4. The second-order valence-electron chi connectivity index (χ2n) is 7.03. The molecule has 0 bridgehead atoms. The molecule has 0 amide bonds. The van der Waals surface area contributed by atoms with Gasteiger partial charge in [-0.3, -0.25) is 0 Å². The molecule has 0 N–H and O–H groups in total. The summed E-state index contributed by atoms with van der Waals surface area (Å²) >= 11 is 0. The topological polar surface area (TPSA) is 59.4 Å². The highest BCUT2D eigenvalue weighted by Crippen LogP contribution is 2.30. The highest BCUT2D eigenvalue weighted by atomic mass is 16.6. The Morgan fingerprint density at radius 1 is 0.619 bits per heavy atom. The summed E-state index contributed by atoms with van der Waals surface area (Å²) in [6.07, 6.45) is 6.43. The normalized spacial score (nSPS) is 38.9. The minimum atomic E-state index is 0.480. The third-order valence-corrected chi connectivity index (χ3v) is 4.70. The zero-order chi connectivity index (χ0) is 14.1. The van der Waals surface area contributed by atoms with E-state index in [1.807, 2.05) is 0 Å². The SMILES string of the molecule is C(OCC(CC1CO1)CC1CO1)C(CC1CO1)CC1CO1. The third kappa shape index (κ3) is 5.49. The Hall–Kier alpha value is -0.200. The van der Waals surface area contributed by atoms with Crippen molar-refractivity contribution in [3.63, 3.8) is 0 Å². The lowest BCUT2D eigenvalue weighted by atomic mass is 9.97. The Bertz CT molecular complexity index is 274. The summed E-state index contributed by atoms with van der Waals surface area (Å²) in [4.78, 5) is 0. The third-order valence-electron chi connectivity index (χ3n) is 4.70. The molecule has 120 valence electrons. The van der Waals surface area contributed by atoms with Gasteiger partial charge in [0, 0.05) is 13.2 Å². The maximum absolute atomic E-state index is 6.05. The molecule has 0 saturated carbocycles. The first-order valence-corrected chi connectivity index (χ1v) is 8.39. The van der Waals surface area contributed by atoms with E-state index in [9.17, 15) is 0 Å². The molecule has 4 atom stereocenters. The Labute approximate surface area is 126 Å². The first-order chi connectivity index (χ1) is 10.3. The quantitative estimate of drug-likeness (QED) is 0.510. The summed E-state index contributed by atoms with van der Waals surface area (Å²) in [5, 5.41) is 0.